The Morgan fingerprint density at radius 1 is 1.30 bits per heavy atom. The highest BCUT2D eigenvalue weighted by atomic mass is 16.6. The largest absolute Gasteiger partial charge is 0.370 e. The maximum absolute atomic E-state index is 5.44. The molecule has 1 atom stereocenters. The van der Waals surface area contributed by atoms with Gasteiger partial charge in [-0.2, -0.15) is 0 Å². The van der Waals surface area contributed by atoms with E-state index in [2.05, 4.69) is 11.9 Å². The molecule has 2 aliphatic heterocycles. The van der Waals surface area contributed by atoms with Crippen molar-refractivity contribution in [3.63, 3.8) is 0 Å². The van der Waals surface area contributed by atoms with Crippen LogP contribution in [-0.4, -0.2) is 37.2 Å². The highest BCUT2D eigenvalue weighted by Crippen LogP contribution is 2.37. The molecule has 2 saturated heterocycles. The average Bonchev–Trinajstić information content (AvgIpc) is 2.67. The molecule has 58 valence electrons. The van der Waals surface area contributed by atoms with E-state index in [0.717, 1.165) is 6.61 Å². The Morgan fingerprint density at radius 2 is 2.10 bits per heavy atom. The predicted molar refractivity (Wildman–Crippen MR) is 40.0 cm³/mol. The predicted octanol–water partition coefficient (Wildman–Crippen LogP) is 0.871. The van der Waals surface area contributed by atoms with Gasteiger partial charge >= 0.3 is 0 Å². The van der Waals surface area contributed by atoms with Gasteiger partial charge in [-0.05, 0) is 32.9 Å². The van der Waals surface area contributed by atoms with Gasteiger partial charge in [-0.3, -0.25) is 0 Å². The zero-order valence-electron chi connectivity index (χ0n) is 6.60. The molecular weight excluding hydrogens is 126 g/mol. The van der Waals surface area contributed by atoms with Crippen LogP contribution in [0, 0.1) is 0 Å². The maximum Gasteiger partial charge on any atom is 0.0929 e. The molecule has 0 radical (unpaired) electrons. The van der Waals surface area contributed by atoms with Gasteiger partial charge in [0.1, 0.15) is 0 Å². The van der Waals surface area contributed by atoms with E-state index in [9.17, 15) is 0 Å². The summed E-state index contributed by atoms with van der Waals surface area (Å²) in [7, 11) is 2.20. The van der Waals surface area contributed by atoms with Crippen LogP contribution < -0.4 is 0 Å². The van der Waals surface area contributed by atoms with E-state index < -0.39 is 0 Å². The van der Waals surface area contributed by atoms with Crippen molar-refractivity contribution in [3.8, 4) is 0 Å². The molecule has 0 bridgehead atoms. The molecule has 0 saturated carbocycles. The van der Waals surface area contributed by atoms with Crippen molar-refractivity contribution < 1.29 is 4.74 Å². The minimum absolute atomic E-state index is 0.352. The SMILES string of the molecule is CN1CCCC2(CC1)CO2. The summed E-state index contributed by atoms with van der Waals surface area (Å²) in [6.45, 7) is 3.51. The van der Waals surface area contributed by atoms with Crippen molar-refractivity contribution in [2.45, 2.75) is 24.9 Å². The molecule has 2 heteroatoms. The fourth-order valence-corrected chi connectivity index (χ4v) is 1.69. The molecule has 0 aliphatic carbocycles. The highest BCUT2D eigenvalue weighted by Gasteiger charge is 2.44. The van der Waals surface area contributed by atoms with Crippen molar-refractivity contribution in [1.82, 2.24) is 4.90 Å². The van der Waals surface area contributed by atoms with Crippen LogP contribution in [0.5, 0.6) is 0 Å². The van der Waals surface area contributed by atoms with Crippen molar-refractivity contribution in [1.29, 1.82) is 0 Å². The van der Waals surface area contributed by atoms with Gasteiger partial charge in [0.25, 0.3) is 0 Å². The first-order valence-corrected chi connectivity index (χ1v) is 4.13. The number of ether oxygens (including phenoxy) is 1. The molecule has 2 nitrogen and oxygen atoms in total. The minimum Gasteiger partial charge on any atom is -0.370 e. The summed E-state index contributed by atoms with van der Waals surface area (Å²) in [4.78, 5) is 2.40. The summed E-state index contributed by atoms with van der Waals surface area (Å²) in [5.41, 5.74) is 0.352. The zero-order chi connectivity index (χ0) is 7.03. The Bertz CT molecular complexity index is 131. The topological polar surface area (TPSA) is 15.8 Å². The zero-order valence-corrected chi connectivity index (χ0v) is 6.60. The summed E-state index contributed by atoms with van der Waals surface area (Å²) in [6, 6.07) is 0. The fourth-order valence-electron chi connectivity index (χ4n) is 1.69. The Kier molecular flexibility index (Phi) is 1.46. The highest BCUT2D eigenvalue weighted by molar-refractivity contribution is 4.94. The van der Waals surface area contributed by atoms with Crippen LogP contribution in [0.15, 0.2) is 0 Å². The number of epoxide rings is 1. The number of likely N-dealkylation sites (tertiary alicyclic amines) is 1. The molecule has 2 heterocycles. The van der Waals surface area contributed by atoms with Crippen LogP contribution in [0.25, 0.3) is 0 Å². The molecule has 2 fully saturated rings. The van der Waals surface area contributed by atoms with Crippen LogP contribution in [0.3, 0.4) is 0 Å². The van der Waals surface area contributed by atoms with E-state index in [1.807, 2.05) is 0 Å². The maximum atomic E-state index is 5.44. The first-order chi connectivity index (χ1) is 4.81. The second kappa shape index (κ2) is 2.21. The summed E-state index contributed by atoms with van der Waals surface area (Å²) >= 11 is 0. The average molecular weight is 141 g/mol. The van der Waals surface area contributed by atoms with E-state index in [4.69, 9.17) is 4.74 Å². The molecule has 10 heavy (non-hydrogen) atoms. The van der Waals surface area contributed by atoms with Gasteiger partial charge < -0.3 is 9.64 Å². The Labute approximate surface area is 62.2 Å². The number of hydrogen-bond donors (Lipinski definition) is 0. The van der Waals surface area contributed by atoms with Gasteiger partial charge in [0, 0.05) is 6.54 Å². The fraction of sp³-hybridized carbons (Fsp3) is 1.00. The molecule has 2 aliphatic rings. The smallest absolute Gasteiger partial charge is 0.0929 e. The molecule has 0 amide bonds. The first-order valence-electron chi connectivity index (χ1n) is 4.13. The van der Waals surface area contributed by atoms with Crippen molar-refractivity contribution >= 4 is 0 Å². The Hall–Kier alpha value is -0.0800. The summed E-state index contributed by atoms with van der Waals surface area (Å²) in [5, 5.41) is 0. The van der Waals surface area contributed by atoms with Gasteiger partial charge in [-0.15, -0.1) is 0 Å². The number of hydrogen-bond acceptors (Lipinski definition) is 2. The number of rotatable bonds is 0. The Morgan fingerprint density at radius 3 is 2.80 bits per heavy atom. The van der Waals surface area contributed by atoms with Gasteiger partial charge in [0.05, 0.1) is 12.2 Å². The summed E-state index contributed by atoms with van der Waals surface area (Å²) in [5.74, 6) is 0. The van der Waals surface area contributed by atoms with Gasteiger partial charge in [-0.25, -0.2) is 0 Å². The molecule has 0 N–H and O–H groups in total. The van der Waals surface area contributed by atoms with Crippen molar-refractivity contribution in [2.75, 3.05) is 26.7 Å². The second-order valence-corrected chi connectivity index (χ2v) is 3.63. The standard InChI is InChI=1S/C8H15NO/c1-9-5-2-3-8(4-6-9)7-10-8/h2-7H2,1H3. The summed E-state index contributed by atoms with van der Waals surface area (Å²) < 4.78 is 5.44. The lowest BCUT2D eigenvalue weighted by molar-refractivity contribution is 0.271. The molecule has 1 spiro atoms. The van der Waals surface area contributed by atoms with E-state index in [-0.39, 0.29) is 0 Å². The molecule has 2 rings (SSSR count). The number of nitrogens with zero attached hydrogens (tertiary/aromatic N) is 1. The monoisotopic (exact) mass is 141 g/mol. The van der Waals surface area contributed by atoms with Crippen LogP contribution >= 0.6 is 0 Å². The second-order valence-electron chi connectivity index (χ2n) is 3.63. The minimum atomic E-state index is 0.352. The van der Waals surface area contributed by atoms with Crippen LogP contribution in [0.1, 0.15) is 19.3 Å². The van der Waals surface area contributed by atoms with Crippen LogP contribution in [0.2, 0.25) is 0 Å². The lowest BCUT2D eigenvalue weighted by Crippen LogP contribution is -2.20. The molecule has 0 aromatic carbocycles. The first kappa shape index (κ1) is 6.62. The van der Waals surface area contributed by atoms with Gasteiger partial charge in [-0.1, -0.05) is 0 Å². The lowest BCUT2D eigenvalue weighted by Gasteiger charge is -2.11. The quantitative estimate of drug-likeness (QED) is 0.465. The molecule has 0 aromatic rings. The van der Waals surface area contributed by atoms with Crippen molar-refractivity contribution in [2.24, 2.45) is 0 Å². The summed E-state index contributed by atoms with van der Waals surface area (Å²) in [6.07, 6.45) is 3.86. The van der Waals surface area contributed by atoms with Crippen LogP contribution in [0.4, 0.5) is 0 Å². The van der Waals surface area contributed by atoms with E-state index in [1.165, 1.54) is 32.4 Å². The third-order valence-corrected chi connectivity index (χ3v) is 2.67. The van der Waals surface area contributed by atoms with Crippen LogP contribution in [-0.2, 0) is 4.74 Å². The van der Waals surface area contributed by atoms with E-state index in [0.29, 0.717) is 5.60 Å². The molecule has 1 unspecified atom stereocenters. The third-order valence-electron chi connectivity index (χ3n) is 2.67. The normalized spacial score (nSPS) is 41.7. The third kappa shape index (κ3) is 1.18. The van der Waals surface area contributed by atoms with E-state index >= 15 is 0 Å². The lowest BCUT2D eigenvalue weighted by atomic mass is 10.0. The van der Waals surface area contributed by atoms with E-state index in [1.54, 1.807) is 0 Å². The molecule has 0 aromatic heterocycles. The molecular formula is C8H15NO. The van der Waals surface area contributed by atoms with Gasteiger partial charge in [0.15, 0.2) is 0 Å². The van der Waals surface area contributed by atoms with Gasteiger partial charge in [0.2, 0.25) is 0 Å². The van der Waals surface area contributed by atoms with Crippen molar-refractivity contribution in [3.05, 3.63) is 0 Å². The Balaban J connectivity index is 1.92.